The van der Waals surface area contributed by atoms with Crippen molar-refractivity contribution >= 4 is 17.3 Å². The zero-order chi connectivity index (χ0) is 19.9. The number of nitro groups is 1. The highest BCUT2D eigenvalue weighted by Crippen LogP contribution is 2.23. The number of allylic oxidation sites excluding steroid dienone is 1. The largest absolute Gasteiger partial charge is 0.489 e. The minimum atomic E-state index is -0.474. The van der Waals surface area contributed by atoms with Crippen molar-refractivity contribution in [1.29, 1.82) is 5.26 Å². The number of nitriles is 1. The average molecular weight is 370 g/mol. The Morgan fingerprint density at radius 1 is 1.11 bits per heavy atom. The fourth-order valence-electron chi connectivity index (χ4n) is 2.65. The molecule has 0 amide bonds. The lowest BCUT2D eigenvalue weighted by Gasteiger charge is -2.07. The smallest absolute Gasteiger partial charge is 0.270 e. The Labute approximate surface area is 163 Å². The molecule has 0 aliphatic carbocycles. The van der Waals surface area contributed by atoms with Crippen molar-refractivity contribution in [3.8, 4) is 11.8 Å². The lowest BCUT2D eigenvalue weighted by molar-refractivity contribution is -0.384. The molecule has 5 nitrogen and oxygen atoms in total. The maximum absolute atomic E-state index is 10.9. The summed E-state index contributed by atoms with van der Waals surface area (Å²) in [5, 5.41) is 20.4. The second-order valence-corrected chi connectivity index (χ2v) is 6.32. The topological polar surface area (TPSA) is 76.2 Å². The van der Waals surface area contributed by atoms with E-state index >= 15 is 0 Å². The van der Waals surface area contributed by atoms with Gasteiger partial charge in [-0.3, -0.25) is 10.1 Å². The van der Waals surface area contributed by atoms with Crippen LogP contribution in [0.3, 0.4) is 0 Å². The molecule has 3 rings (SSSR count). The molecule has 0 spiro atoms. The Balaban J connectivity index is 1.73. The molecule has 3 aromatic rings. The summed E-state index contributed by atoms with van der Waals surface area (Å²) < 4.78 is 5.78. The van der Waals surface area contributed by atoms with Crippen molar-refractivity contribution in [1.82, 2.24) is 0 Å². The van der Waals surface area contributed by atoms with E-state index in [2.05, 4.69) is 6.07 Å². The van der Waals surface area contributed by atoms with Gasteiger partial charge in [-0.2, -0.15) is 5.26 Å². The SMILES string of the molecule is Cc1ccc(COc2ccc(C=C(C#N)c3cccc([N+](=O)[O-])c3)cc2)cc1. The van der Waals surface area contributed by atoms with Crippen LogP contribution in [0.4, 0.5) is 5.69 Å². The second-order valence-electron chi connectivity index (χ2n) is 6.32. The van der Waals surface area contributed by atoms with Crippen LogP contribution in [0.1, 0.15) is 22.3 Å². The average Bonchev–Trinajstić information content (AvgIpc) is 2.72. The van der Waals surface area contributed by atoms with E-state index in [1.54, 1.807) is 18.2 Å². The van der Waals surface area contributed by atoms with Crippen molar-refractivity contribution in [3.05, 3.63) is 105 Å². The Hall–Kier alpha value is -3.91. The molecule has 3 aromatic carbocycles. The second kappa shape index (κ2) is 8.65. The van der Waals surface area contributed by atoms with Crippen LogP contribution in [0, 0.1) is 28.4 Å². The molecule has 0 N–H and O–H groups in total. The monoisotopic (exact) mass is 370 g/mol. The Bertz CT molecular complexity index is 1050. The molecule has 0 heterocycles. The number of ether oxygens (including phenoxy) is 1. The highest BCUT2D eigenvalue weighted by Gasteiger charge is 2.09. The first-order valence-corrected chi connectivity index (χ1v) is 8.70. The molecule has 0 aromatic heterocycles. The molecule has 138 valence electrons. The molecule has 0 saturated carbocycles. The summed E-state index contributed by atoms with van der Waals surface area (Å²) in [5.74, 6) is 0.728. The van der Waals surface area contributed by atoms with Crippen LogP contribution in [0.5, 0.6) is 5.75 Å². The van der Waals surface area contributed by atoms with E-state index in [0.29, 0.717) is 17.7 Å². The minimum Gasteiger partial charge on any atom is -0.489 e. The quantitative estimate of drug-likeness (QED) is 0.247. The van der Waals surface area contributed by atoms with Gasteiger partial charge in [-0.15, -0.1) is 0 Å². The Morgan fingerprint density at radius 2 is 1.82 bits per heavy atom. The van der Waals surface area contributed by atoms with Gasteiger partial charge in [0.25, 0.3) is 5.69 Å². The van der Waals surface area contributed by atoms with Gasteiger partial charge in [-0.05, 0) is 41.8 Å². The van der Waals surface area contributed by atoms with Crippen molar-refractivity contribution in [3.63, 3.8) is 0 Å². The number of rotatable bonds is 6. The highest BCUT2D eigenvalue weighted by molar-refractivity contribution is 5.90. The Morgan fingerprint density at radius 3 is 2.46 bits per heavy atom. The van der Waals surface area contributed by atoms with E-state index in [1.807, 2.05) is 55.5 Å². The maximum atomic E-state index is 10.9. The van der Waals surface area contributed by atoms with Crippen LogP contribution in [-0.2, 0) is 6.61 Å². The fourth-order valence-corrected chi connectivity index (χ4v) is 2.65. The number of hydrogen-bond acceptors (Lipinski definition) is 4. The van der Waals surface area contributed by atoms with Crippen LogP contribution in [0.25, 0.3) is 11.6 Å². The number of aryl methyl sites for hydroxylation is 1. The van der Waals surface area contributed by atoms with Gasteiger partial charge in [-0.1, -0.05) is 54.1 Å². The third kappa shape index (κ3) is 4.83. The Kier molecular flexibility index (Phi) is 5.83. The fraction of sp³-hybridized carbons (Fsp3) is 0.0870. The predicted octanol–water partition coefficient (Wildman–Crippen LogP) is 5.55. The molecule has 0 atom stereocenters. The van der Waals surface area contributed by atoms with Crippen molar-refractivity contribution < 1.29 is 9.66 Å². The maximum Gasteiger partial charge on any atom is 0.270 e. The van der Waals surface area contributed by atoms with Crippen LogP contribution in [0.2, 0.25) is 0 Å². The molecule has 0 fully saturated rings. The van der Waals surface area contributed by atoms with Gasteiger partial charge in [0, 0.05) is 12.1 Å². The molecular weight excluding hydrogens is 352 g/mol. The molecule has 0 aliphatic heterocycles. The van der Waals surface area contributed by atoms with Crippen molar-refractivity contribution in [2.24, 2.45) is 0 Å². The third-order valence-corrected chi connectivity index (χ3v) is 4.21. The summed E-state index contributed by atoms with van der Waals surface area (Å²) in [6.45, 7) is 2.52. The first-order chi connectivity index (χ1) is 13.5. The van der Waals surface area contributed by atoms with Gasteiger partial charge >= 0.3 is 0 Å². The molecule has 5 heteroatoms. The van der Waals surface area contributed by atoms with E-state index in [4.69, 9.17) is 4.74 Å². The summed E-state index contributed by atoms with van der Waals surface area (Å²) >= 11 is 0. The number of nitrogens with zero attached hydrogens (tertiary/aromatic N) is 2. The summed E-state index contributed by atoms with van der Waals surface area (Å²) in [7, 11) is 0. The van der Waals surface area contributed by atoms with Crippen molar-refractivity contribution in [2.45, 2.75) is 13.5 Å². The lowest BCUT2D eigenvalue weighted by Crippen LogP contribution is -1.95. The summed E-state index contributed by atoms with van der Waals surface area (Å²) in [4.78, 5) is 10.5. The van der Waals surface area contributed by atoms with Gasteiger partial charge in [0.2, 0.25) is 0 Å². The normalized spacial score (nSPS) is 10.9. The van der Waals surface area contributed by atoms with E-state index in [0.717, 1.165) is 16.9 Å². The summed E-state index contributed by atoms with van der Waals surface area (Å²) in [6, 6.07) is 23.7. The first-order valence-electron chi connectivity index (χ1n) is 8.70. The van der Waals surface area contributed by atoms with Gasteiger partial charge in [-0.25, -0.2) is 0 Å². The third-order valence-electron chi connectivity index (χ3n) is 4.21. The number of nitro benzene ring substituents is 1. The van der Waals surface area contributed by atoms with Crippen LogP contribution >= 0.6 is 0 Å². The number of hydrogen-bond donors (Lipinski definition) is 0. The predicted molar refractivity (Wildman–Crippen MR) is 109 cm³/mol. The van der Waals surface area contributed by atoms with Crippen molar-refractivity contribution in [2.75, 3.05) is 0 Å². The van der Waals surface area contributed by atoms with Gasteiger partial charge < -0.3 is 4.74 Å². The summed E-state index contributed by atoms with van der Waals surface area (Å²) in [6.07, 6.45) is 1.70. The molecule has 0 radical (unpaired) electrons. The molecule has 0 saturated heterocycles. The standard InChI is InChI=1S/C23H18N2O3/c1-17-5-7-19(8-6-17)16-28-23-11-9-18(10-12-23)13-21(15-24)20-3-2-4-22(14-20)25(26)27/h2-14H,16H2,1H3. The summed E-state index contributed by atoms with van der Waals surface area (Å²) in [5.41, 5.74) is 3.93. The van der Waals surface area contributed by atoms with Crippen LogP contribution in [0.15, 0.2) is 72.8 Å². The number of benzene rings is 3. The van der Waals surface area contributed by atoms with Gasteiger partial charge in [0.1, 0.15) is 12.4 Å². The van der Waals surface area contributed by atoms with Crippen LogP contribution in [-0.4, -0.2) is 4.92 Å². The zero-order valence-electron chi connectivity index (χ0n) is 15.3. The zero-order valence-corrected chi connectivity index (χ0v) is 15.3. The van der Waals surface area contributed by atoms with Gasteiger partial charge in [0.05, 0.1) is 16.6 Å². The molecule has 0 aliphatic rings. The molecule has 0 unspecified atom stereocenters. The van der Waals surface area contributed by atoms with E-state index < -0.39 is 4.92 Å². The van der Waals surface area contributed by atoms with Crippen LogP contribution < -0.4 is 4.74 Å². The van der Waals surface area contributed by atoms with E-state index in [9.17, 15) is 15.4 Å². The van der Waals surface area contributed by atoms with Gasteiger partial charge in [0.15, 0.2) is 0 Å². The highest BCUT2D eigenvalue weighted by atomic mass is 16.6. The lowest BCUT2D eigenvalue weighted by atomic mass is 10.0. The minimum absolute atomic E-state index is 0.0431. The number of non-ortho nitro benzene ring substituents is 1. The van der Waals surface area contributed by atoms with E-state index in [-0.39, 0.29) is 5.69 Å². The molecule has 28 heavy (non-hydrogen) atoms. The first kappa shape index (κ1) is 18.9. The van der Waals surface area contributed by atoms with E-state index in [1.165, 1.54) is 17.7 Å². The molecule has 0 bridgehead atoms. The molecular formula is C23H18N2O3.